The Labute approximate surface area is 113 Å². The summed E-state index contributed by atoms with van der Waals surface area (Å²) in [5.74, 6) is -1.21. The van der Waals surface area contributed by atoms with E-state index in [9.17, 15) is 14.3 Å². The van der Waals surface area contributed by atoms with Crippen LogP contribution < -0.4 is 0 Å². The van der Waals surface area contributed by atoms with Gasteiger partial charge in [0.2, 0.25) is 0 Å². The molecule has 0 radical (unpaired) electrons. The summed E-state index contributed by atoms with van der Waals surface area (Å²) in [5, 5.41) is 10.0. The number of carboxylic acid groups (broad SMARTS) is 1. The zero-order valence-corrected chi connectivity index (χ0v) is 10.4. The zero-order chi connectivity index (χ0) is 13.9. The van der Waals surface area contributed by atoms with E-state index in [1.807, 2.05) is 6.07 Å². The summed E-state index contributed by atoms with van der Waals surface area (Å²) < 4.78 is 13.3. The summed E-state index contributed by atoms with van der Waals surface area (Å²) >= 11 is 0. The Morgan fingerprint density at radius 1 is 1.25 bits per heavy atom. The first-order chi connectivity index (χ1) is 9.65. The van der Waals surface area contributed by atoms with Gasteiger partial charge in [0.05, 0.1) is 11.3 Å². The van der Waals surface area contributed by atoms with Crippen molar-refractivity contribution in [3.05, 3.63) is 58.9 Å². The number of benzene rings is 2. The molecule has 20 heavy (non-hydrogen) atoms. The van der Waals surface area contributed by atoms with Gasteiger partial charge in [-0.25, -0.2) is 9.18 Å². The highest BCUT2D eigenvalue weighted by molar-refractivity contribution is 6.07. The van der Waals surface area contributed by atoms with Crippen LogP contribution in [0.2, 0.25) is 0 Å². The molecule has 3 nitrogen and oxygen atoms in total. The molecule has 4 rings (SSSR count). The second-order valence-electron chi connectivity index (χ2n) is 4.99. The molecular formula is C16H10FNO2. The summed E-state index contributed by atoms with van der Waals surface area (Å²) in [5.41, 5.74) is 4.79. The van der Waals surface area contributed by atoms with Crippen LogP contribution in [0.5, 0.6) is 0 Å². The minimum Gasteiger partial charge on any atom is -0.478 e. The summed E-state index contributed by atoms with van der Waals surface area (Å²) in [7, 11) is 0. The van der Waals surface area contributed by atoms with Crippen LogP contribution in [0, 0.1) is 5.82 Å². The molecule has 1 heterocycles. The van der Waals surface area contributed by atoms with E-state index in [-0.39, 0.29) is 11.4 Å². The van der Waals surface area contributed by atoms with E-state index in [1.54, 1.807) is 18.2 Å². The maximum absolute atomic E-state index is 13.3. The molecule has 0 bridgehead atoms. The van der Waals surface area contributed by atoms with Crippen LogP contribution in [-0.2, 0) is 6.42 Å². The molecule has 0 spiro atoms. The van der Waals surface area contributed by atoms with E-state index >= 15 is 0 Å². The van der Waals surface area contributed by atoms with Crippen molar-refractivity contribution in [1.82, 2.24) is 4.98 Å². The van der Waals surface area contributed by atoms with Gasteiger partial charge in [0.15, 0.2) is 0 Å². The molecule has 0 aliphatic heterocycles. The first-order valence-corrected chi connectivity index (χ1v) is 6.31. The number of carboxylic acids is 1. The maximum Gasteiger partial charge on any atom is 0.336 e. The highest BCUT2D eigenvalue weighted by atomic mass is 19.1. The van der Waals surface area contributed by atoms with E-state index in [0.717, 1.165) is 33.3 Å². The van der Waals surface area contributed by atoms with Crippen LogP contribution in [0.1, 0.15) is 21.5 Å². The number of hydrogen-bond donors (Lipinski definition) is 2. The van der Waals surface area contributed by atoms with E-state index in [1.165, 1.54) is 12.1 Å². The van der Waals surface area contributed by atoms with Crippen molar-refractivity contribution in [2.75, 3.05) is 0 Å². The van der Waals surface area contributed by atoms with E-state index in [0.29, 0.717) is 6.42 Å². The average Bonchev–Trinajstić information content (AvgIpc) is 2.93. The van der Waals surface area contributed by atoms with Gasteiger partial charge in [-0.3, -0.25) is 0 Å². The number of nitrogens with one attached hydrogen (secondary N) is 1. The fourth-order valence-electron chi connectivity index (χ4n) is 3.04. The predicted molar refractivity (Wildman–Crippen MR) is 73.5 cm³/mol. The third kappa shape index (κ3) is 1.36. The lowest BCUT2D eigenvalue weighted by Gasteiger charge is -2.01. The summed E-state index contributed by atoms with van der Waals surface area (Å²) in [6, 6.07) is 9.87. The third-order valence-electron chi connectivity index (χ3n) is 3.86. The van der Waals surface area contributed by atoms with Crippen molar-refractivity contribution in [2.24, 2.45) is 0 Å². The van der Waals surface area contributed by atoms with Gasteiger partial charge >= 0.3 is 5.97 Å². The SMILES string of the molecule is O=C(O)c1cccc2[nH]c3c(c12)Cc1cc(F)ccc1-3. The fourth-order valence-corrected chi connectivity index (χ4v) is 3.04. The summed E-state index contributed by atoms with van der Waals surface area (Å²) in [4.78, 5) is 14.6. The first kappa shape index (κ1) is 11.2. The van der Waals surface area contributed by atoms with Crippen molar-refractivity contribution < 1.29 is 14.3 Å². The third-order valence-corrected chi connectivity index (χ3v) is 3.86. The predicted octanol–water partition coefficient (Wildman–Crippen LogP) is 3.58. The molecular weight excluding hydrogens is 257 g/mol. The number of aromatic amines is 1. The van der Waals surface area contributed by atoms with E-state index in [2.05, 4.69) is 4.98 Å². The molecule has 1 aliphatic rings. The van der Waals surface area contributed by atoms with Gasteiger partial charge in [0, 0.05) is 22.9 Å². The monoisotopic (exact) mass is 267 g/mol. The molecule has 0 saturated heterocycles. The Balaban J connectivity index is 2.06. The average molecular weight is 267 g/mol. The molecule has 0 atom stereocenters. The van der Waals surface area contributed by atoms with Gasteiger partial charge in [0.1, 0.15) is 5.82 Å². The topological polar surface area (TPSA) is 53.1 Å². The highest BCUT2D eigenvalue weighted by Gasteiger charge is 2.25. The smallest absolute Gasteiger partial charge is 0.336 e. The van der Waals surface area contributed by atoms with Crippen molar-refractivity contribution in [1.29, 1.82) is 0 Å². The van der Waals surface area contributed by atoms with Crippen LogP contribution in [0.15, 0.2) is 36.4 Å². The Morgan fingerprint density at radius 3 is 2.90 bits per heavy atom. The molecule has 0 unspecified atom stereocenters. The number of hydrogen-bond acceptors (Lipinski definition) is 1. The largest absolute Gasteiger partial charge is 0.478 e. The van der Waals surface area contributed by atoms with Crippen LogP contribution in [0.4, 0.5) is 4.39 Å². The minimum absolute atomic E-state index is 0.267. The van der Waals surface area contributed by atoms with Gasteiger partial charge in [-0.2, -0.15) is 0 Å². The van der Waals surface area contributed by atoms with Crippen molar-refractivity contribution in [2.45, 2.75) is 6.42 Å². The summed E-state index contributed by atoms with van der Waals surface area (Å²) in [6.07, 6.45) is 0.562. The zero-order valence-electron chi connectivity index (χ0n) is 10.4. The first-order valence-electron chi connectivity index (χ1n) is 6.31. The number of carbonyl (C=O) groups is 1. The number of aromatic carboxylic acids is 1. The Kier molecular flexibility index (Phi) is 2.07. The highest BCUT2D eigenvalue weighted by Crippen LogP contribution is 2.41. The summed E-state index contributed by atoms with van der Waals surface area (Å²) in [6.45, 7) is 0. The molecule has 0 fully saturated rings. The number of halogens is 1. The van der Waals surface area contributed by atoms with Crippen molar-refractivity contribution in [3.8, 4) is 11.3 Å². The molecule has 0 amide bonds. The number of H-pyrrole nitrogens is 1. The molecule has 2 aromatic carbocycles. The lowest BCUT2D eigenvalue weighted by molar-refractivity contribution is 0.0699. The lowest BCUT2D eigenvalue weighted by atomic mass is 10.0. The second kappa shape index (κ2) is 3.70. The minimum atomic E-state index is -0.945. The molecule has 1 aliphatic carbocycles. The second-order valence-corrected chi connectivity index (χ2v) is 4.99. The maximum atomic E-state index is 13.3. The number of rotatable bonds is 1. The lowest BCUT2D eigenvalue weighted by Crippen LogP contribution is -1.97. The molecule has 1 aromatic heterocycles. The van der Waals surface area contributed by atoms with Crippen LogP contribution in [-0.4, -0.2) is 16.1 Å². The van der Waals surface area contributed by atoms with Crippen LogP contribution >= 0.6 is 0 Å². The Bertz CT molecular complexity index is 880. The quantitative estimate of drug-likeness (QED) is 0.554. The van der Waals surface area contributed by atoms with Gasteiger partial charge in [-0.05, 0) is 41.5 Å². The van der Waals surface area contributed by atoms with E-state index < -0.39 is 5.97 Å². The van der Waals surface area contributed by atoms with Crippen LogP contribution in [0.25, 0.3) is 22.2 Å². The van der Waals surface area contributed by atoms with E-state index in [4.69, 9.17) is 0 Å². The Morgan fingerprint density at radius 2 is 2.10 bits per heavy atom. The molecule has 98 valence electrons. The molecule has 4 heteroatoms. The van der Waals surface area contributed by atoms with Crippen LogP contribution in [0.3, 0.4) is 0 Å². The molecule has 2 N–H and O–H groups in total. The van der Waals surface area contributed by atoms with Gasteiger partial charge in [0.25, 0.3) is 0 Å². The fraction of sp³-hybridized carbons (Fsp3) is 0.0625. The van der Waals surface area contributed by atoms with Crippen molar-refractivity contribution in [3.63, 3.8) is 0 Å². The normalized spacial score (nSPS) is 12.4. The standard InChI is InChI=1S/C16H10FNO2/c17-9-4-5-10-8(6-9)7-12-14-11(16(19)20)2-1-3-13(14)18-15(10)12/h1-6,18H,7H2,(H,19,20). The van der Waals surface area contributed by atoms with Gasteiger partial charge in [-0.1, -0.05) is 6.07 Å². The van der Waals surface area contributed by atoms with Gasteiger partial charge < -0.3 is 10.1 Å². The molecule has 3 aromatic rings. The Hall–Kier alpha value is -2.62. The number of aromatic nitrogens is 1. The van der Waals surface area contributed by atoms with Gasteiger partial charge in [-0.15, -0.1) is 0 Å². The number of fused-ring (bicyclic) bond motifs is 5. The molecule has 0 saturated carbocycles. The van der Waals surface area contributed by atoms with Crippen molar-refractivity contribution >= 4 is 16.9 Å².